The van der Waals surface area contributed by atoms with E-state index >= 15 is 0 Å². The molecule has 20 heavy (non-hydrogen) atoms. The van der Waals surface area contributed by atoms with Crippen LogP contribution in [0.2, 0.25) is 0 Å². The van der Waals surface area contributed by atoms with Gasteiger partial charge in [-0.05, 0) is 48.0 Å². The maximum atomic E-state index is 12.8. The van der Waals surface area contributed by atoms with Gasteiger partial charge in [-0.25, -0.2) is 0 Å². The van der Waals surface area contributed by atoms with E-state index in [0.29, 0.717) is 17.0 Å². The number of carbonyl (C=O) groups excluding carboxylic acids is 1. The molecule has 106 valence electrons. The first-order valence-electron chi connectivity index (χ1n) is 6.07. The molecule has 0 radical (unpaired) electrons. The first-order chi connectivity index (χ1) is 9.45. The number of nitrogens with zero attached hydrogens (tertiary/aromatic N) is 2. The topological polar surface area (TPSA) is 44.1 Å². The SMILES string of the molecule is COc1cnn(C(C)C)c1C(=O)c1ccc(Br)cc1Br. The Kier molecular flexibility index (Phi) is 4.65. The standard InChI is InChI=1S/C14H14Br2N2O2/c1-8(2)18-13(12(20-3)7-17-18)14(19)10-5-4-9(15)6-11(10)16/h4-8H,1-3H3. The van der Waals surface area contributed by atoms with Gasteiger partial charge in [-0.2, -0.15) is 5.10 Å². The lowest BCUT2D eigenvalue weighted by atomic mass is 10.1. The molecular formula is C14H14Br2N2O2. The molecule has 1 heterocycles. The highest BCUT2D eigenvalue weighted by molar-refractivity contribution is 9.11. The number of carbonyl (C=O) groups is 1. The van der Waals surface area contributed by atoms with E-state index in [2.05, 4.69) is 37.0 Å². The van der Waals surface area contributed by atoms with Crippen LogP contribution in [-0.4, -0.2) is 22.7 Å². The second kappa shape index (κ2) is 6.10. The Labute approximate surface area is 134 Å². The van der Waals surface area contributed by atoms with Gasteiger partial charge >= 0.3 is 0 Å². The van der Waals surface area contributed by atoms with Gasteiger partial charge < -0.3 is 4.74 Å². The molecule has 0 saturated carbocycles. The highest BCUT2D eigenvalue weighted by atomic mass is 79.9. The number of methoxy groups -OCH3 is 1. The predicted molar refractivity (Wildman–Crippen MR) is 84.4 cm³/mol. The van der Waals surface area contributed by atoms with Crippen LogP contribution in [0.5, 0.6) is 5.75 Å². The van der Waals surface area contributed by atoms with Crippen molar-refractivity contribution >= 4 is 37.6 Å². The van der Waals surface area contributed by atoms with Crippen LogP contribution < -0.4 is 4.74 Å². The second-order valence-electron chi connectivity index (χ2n) is 4.55. The zero-order valence-electron chi connectivity index (χ0n) is 11.4. The summed E-state index contributed by atoms with van der Waals surface area (Å²) in [5.74, 6) is 0.367. The van der Waals surface area contributed by atoms with Crippen LogP contribution in [0.1, 0.15) is 35.9 Å². The number of rotatable bonds is 4. The highest BCUT2D eigenvalue weighted by Crippen LogP contribution is 2.28. The number of hydrogen-bond donors (Lipinski definition) is 0. The molecule has 0 fully saturated rings. The minimum absolute atomic E-state index is 0.0760. The molecule has 0 N–H and O–H groups in total. The van der Waals surface area contributed by atoms with Gasteiger partial charge in [0.1, 0.15) is 0 Å². The van der Waals surface area contributed by atoms with E-state index in [0.717, 1.165) is 8.95 Å². The molecule has 0 bridgehead atoms. The van der Waals surface area contributed by atoms with Crippen molar-refractivity contribution in [2.24, 2.45) is 0 Å². The van der Waals surface area contributed by atoms with Gasteiger partial charge in [0, 0.05) is 20.6 Å². The average molecular weight is 402 g/mol. The minimum atomic E-state index is -0.118. The van der Waals surface area contributed by atoms with Crippen LogP contribution in [0.3, 0.4) is 0 Å². The summed E-state index contributed by atoms with van der Waals surface area (Å²) in [6.45, 7) is 3.94. The van der Waals surface area contributed by atoms with Crippen molar-refractivity contribution in [2.45, 2.75) is 19.9 Å². The van der Waals surface area contributed by atoms with Gasteiger partial charge in [0.15, 0.2) is 11.4 Å². The number of hydrogen-bond acceptors (Lipinski definition) is 3. The summed E-state index contributed by atoms with van der Waals surface area (Å²) in [6.07, 6.45) is 1.57. The summed E-state index contributed by atoms with van der Waals surface area (Å²) in [5.41, 5.74) is 1.04. The number of ether oxygens (including phenoxy) is 1. The summed E-state index contributed by atoms with van der Waals surface area (Å²) in [5, 5.41) is 4.23. The number of ketones is 1. The molecule has 4 nitrogen and oxygen atoms in total. The monoisotopic (exact) mass is 400 g/mol. The van der Waals surface area contributed by atoms with Gasteiger partial charge in [-0.1, -0.05) is 15.9 Å². The maximum Gasteiger partial charge on any atom is 0.215 e. The van der Waals surface area contributed by atoms with Gasteiger partial charge in [-0.3, -0.25) is 9.48 Å². The van der Waals surface area contributed by atoms with E-state index in [1.54, 1.807) is 16.9 Å². The van der Waals surface area contributed by atoms with E-state index < -0.39 is 0 Å². The number of halogens is 2. The Hall–Kier alpha value is -1.14. The van der Waals surface area contributed by atoms with Gasteiger partial charge in [0.05, 0.1) is 13.3 Å². The molecule has 2 aromatic rings. The molecule has 0 aliphatic carbocycles. The predicted octanol–water partition coefficient (Wildman–Crippen LogP) is 4.23. The molecule has 0 spiro atoms. The molecule has 0 saturated heterocycles. The van der Waals surface area contributed by atoms with E-state index in [1.165, 1.54) is 7.11 Å². The van der Waals surface area contributed by atoms with Crippen molar-refractivity contribution in [1.29, 1.82) is 0 Å². The minimum Gasteiger partial charge on any atom is -0.493 e. The molecule has 0 amide bonds. The fraction of sp³-hybridized carbons (Fsp3) is 0.286. The molecule has 0 unspecified atom stereocenters. The zero-order valence-corrected chi connectivity index (χ0v) is 14.5. The largest absolute Gasteiger partial charge is 0.493 e. The summed E-state index contributed by atoms with van der Waals surface area (Å²) in [4.78, 5) is 12.8. The Morgan fingerprint density at radius 3 is 2.60 bits per heavy atom. The first-order valence-corrected chi connectivity index (χ1v) is 7.65. The van der Waals surface area contributed by atoms with Gasteiger partial charge in [-0.15, -0.1) is 0 Å². The van der Waals surface area contributed by atoms with E-state index in [1.807, 2.05) is 26.0 Å². The van der Waals surface area contributed by atoms with Crippen molar-refractivity contribution < 1.29 is 9.53 Å². The first kappa shape index (κ1) is 15.3. The molecule has 0 aliphatic rings. The van der Waals surface area contributed by atoms with E-state index in [9.17, 15) is 4.79 Å². The average Bonchev–Trinajstić information content (AvgIpc) is 2.81. The molecule has 1 aromatic carbocycles. The zero-order chi connectivity index (χ0) is 14.9. The van der Waals surface area contributed by atoms with E-state index in [-0.39, 0.29) is 11.8 Å². The van der Waals surface area contributed by atoms with Crippen molar-refractivity contribution in [3.05, 3.63) is 44.6 Å². The fourth-order valence-electron chi connectivity index (χ4n) is 1.90. The fourth-order valence-corrected chi connectivity index (χ4v) is 3.13. The molecule has 2 rings (SSSR count). The lowest BCUT2D eigenvalue weighted by Gasteiger charge is -2.12. The van der Waals surface area contributed by atoms with Crippen molar-refractivity contribution in [3.8, 4) is 5.75 Å². The van der Waals surface area contributed by atoms with Crippen LogP contribution in [-0.2, 0) is 0 Å². The third-order valence-electron chi connectivity index (χ3n) is 2.86. The third kappa shape index (κ3) is 2.81. The molecule has 0 aliphatic heterocycles. The van der Waals surface area contributed by atoms with Crippen LogP contribution >= 0.6 is 31.9 Å². The Morgan fingerprint density at radius 2 is 2.05 bits per heavy atom. The maximum absolute atomic E-state index is 12.8. The lowest BCUT2D eigenvalue weighted by molar-refractivity contribution is 0.102. The Morgan fingerprint density at radius 1 is 1.35 bits per heavy atom. The second-order valence-corrected chi connectivity index (χ2v) is 6.32. The molecule has 0 atom stereocenters. The van der Waals surface area contributed by atoms with Crippen LogP contribution in [0.25, 0.3) is 0 Å². The van der Waals surface area contributed by atoms with Gasteiger partial charge in [0.25, 0.3) is 0 Å². The third-order valence-corrected chi connectivity index (χ3v) is 4.01. The summed E-state index contributed by atoms with van der Waals surface area (Å²) in [6, 6.07) is 5.52. The quantitative estimate of drug-likeness (QED) is 0.720. The number of aromatic nitrogens is 2. The van der Waals surface area contributed by atoms with Gasteiger partial charge in [0.2, 0.25) is 5.78 Å². The van der Waals surface area contributed by atoms with Crippen LogP contribution in [0.4, 0.5) is 0 Å². The smallest absolute Gasteiger partial charge is 0.215 e. The Bertz CT molecular complexity index is 651. The van der Waals surface area contributed by atoms with Crippen LogP contribution in [0.15, 0.2) is 33.3 Å². The lowest BCUT2D eigenvalue weighted by Crippen LogP contribution is -2.14. The summed E-state index contributed by atoms with van der Waals surface area (Å²) < 4.78 is 8.57. The molecular weight excluding hydrogens is 388 g/mol. The van der Waals surface area contributed by atoms with Crippen molar-refractivity contribution in [3.63, 3.8) is 0 Å². The van der Waals surface area contributed by atoms with Crippen molar-refractivity contribution in [1.82, 2.24) is 9.78 Å². The van der Waals surface area contributed by atoms with Crippen molar-refractivity contribution in [2.75, 3.05) is 7.11 Å². The summed E-state index contributed by atoms with van der Waals surface area (Å²) in [7, 11) is 1.54. The highest BCUT2D eigenvalue weighted by Gasteiger charge is 2.23. The van der Waals surface area contributed by atoms with Crippen LogP contribution in [0, 0.1) is 0 Å². The molecule has 6 heteroatoms. The molecule has 1 aromatic heterocycles. The number of benzene rings is 1. The Balaban J connectivity index is 2.55. The van der Waals surface area contributed by atoms with E-state index in [4.69, 9.17) is 4.74 Å². The normalized spacial score (nSPS) is 10.9. The summed E-state index contributed by atoms with van der Waals surface area (Å²) >= 11 is 6.80.